The molecule has 0 unspecified atom stereocenters. The van der Waals surface area contributed by atoms with Crippen LogP contribution in [-0.4, -0.2) is 86.6 Å². The molecule has 0 radical (unpaired) electrons. The molecule has 2 aromatic rings. The number of aromatic nitrogens is 4. The minimum atomic E-state index is -4.72. The highest BCUT2D eigenvalue weighted by molar-refractivity contribution is 7.46. The van der Waals surface area contributed by atoms with E-state index in [0.717, 1.165) is 0 Å². The maximum Gasteiger partial charge on any atom is 0.469 e. The predicted molar refractivity (Wildman–Crippen MR) is 98.2 cm³/mol. The Morgan fingerprint density at radius 2 is 1.74 bits per heavy atom. The van der Waals surface area contributed by atoms with Crippen molar-refractivity contribution in [2.75, 3.05) is 12.3 Å². The van der Waals surface area contributed by atoms with Crippen molar-refractivity contribution in [1.82, 2.24) is 19.5 Å². The first kappa shape index (κ1) is 24.5. The molecule has 3 heterocycles. The Labute approximate surface area is 173 Å². The van der Waals surface area contributed by atoms with E-state index in [-0.39, 0.29) is 24.3 Å². The maximum atomic E-state index is 10.7. The van der Waals surface area contributed by atoms with Crippen molar-refractivity contribution in [3.05, 3.63) is 12.7 Å². The van der Waals surface area contributed by atoms with Crippen molar-refractivity contribution < 1.29 is 53.6 Å². The zero-order valence-electron chi connectivity index (χ0n) is 15.6. The van der Waals surface area contributed by atoms with Gasteiger partial charge in [0.05, 0.1) is 25.8 Å². The molecule has 1 saturated heterocycles. The molecule has 2 aromatic heterocycles. The lowest BCUT2D eigenvalue weighted by Gasteiger charge is -2.16. The van der Waals surface area contributed by atoms with Gasteiger partial charge in [0.2, 0.25) is 0 Å². The van der Waals surface area contributed by atoms with Crippen LogP contribution in [0.4, 0.5) is 5.82 Å². The summed E-state index contributed by atoms with van der Waals surface area (Å²) in [7, 11) is -4.72. The topological polar surface area (TPSA) is 261 Å². The number of fused-ring (bicyclic) bond motifs is 1. The molecule has 8 N–H and O–H groups in total. The average Bonchev–Trinajstić information content (AvgIpc) is 3.21. The van der Waals surface area contributed by atoms with E-state index in [1.54, 1.807) is 0 Å². The number of aliphatic hydroxyl groups is 2. The second kappa shape index (κ2) is 10.1. The van der Waals surface area contributed by atoms with Crippen LogP contribution in [-0.2, 0) is 23.4 Å². The number of hydrogen-bond donors (Lipinski definition) is 7. The molecular weight excluding hydrogens is 445 g/mol. The van der Waals surface area contributed by atoms with E-state index in [0.29, 0.717) is 5.52 Å². The number of imidazole rings is 1. The van der Waals surface area contributed by atoms with Crippen molar-refractivity contribution in [3.8, 4) is 0 Å². The third kappa shape index (κ3) is 6.63. The first-order chi connectivity index (χ1) is 14.4. The summed E-state index contributed by atoms with van der Waals surface area (Å²) >= 11 is 0. The zero-order chi connectivity index (χ0) is 23.3. The van der Waals surface area contributed by atoms with Gasteiger partial charge in [-0.2, -0.15) is 0 Å². The number of nitrogen functional groups attached to an aromatic ring is 1. The summed E-state index contributed by atoms with van der Waals surface area (Å²) in [6.07, 6.45) is -3.08. The fraction of sp³-hybridized carbons (Fsp3) is 0.500. The highest BCUT2D eigenvalue weighted by atomic mass is 31.2. The molecular formula is C14H20N5O11P. The second-order valence-corrected chi connectivity index (χ2v) is 7.44. The van der Waals surface area contributed by atoms with Crippen LogP contribution in [0.25, 0.3) is 11.2 Å². The van der Waals surface area contributed by atoms with Crippen LogP contribution >= 0.6 is 7.82 Å². The third-order valence-corrected chi connectivity index (χ3v) is 4.44. The van der Waals surface area contributed by atoms with Gasteiger partial charge in [0.25, 0.3) is 0 Å². The van der Waals surface area contributed by atoms with Crippen molar-refractivity contribution in [2.45, 2.75) is 37.4 Å². The van der Waals surface area contributed by atoms with Gasteiger partial charge in [-0.3, -0.25) is 18.7 Å². The van der Waals surface area contributed by atoms with Crippen LogP contribution in [0.15, 0.2) is 12.7 Å². The molecule has 0 aliphatic carbocycles. The molecule has 17 heteroatoms. The average molecular weight is 465 g/mol. The van der Waals surface area contributed by atoms with Crippen LogP contribution < -0.4 is 5.73 Å². The maximum absolute atomic E-state index is 10.7. The molecule has 0 amide bonds. The number of carboxylic acid groups (broad SMARTS) is 2. The Bertz CT molecular complexity index is 965. The van der Waals surface area contributed by atoms with E-state index in [9.17, 15) is 24.4 Å². The zero-order valence-corrected chi connectivity index (χ0v) is 16.5. The van der Waals surface area contributed by atoms with Crippen LogP contribution in [0.3, 0.4) is 0 Å². The highest BCUT2D eigenvalue weighted by Crippen LogP contribution is 2.38. The fourth-order valence-electron chi connectivity index (χ4n) is 2.54. The van der Waals surface area contributed by atoms with Gasteiger partial charge in [0.15, 0.2) is 17.7 Å². The quantitative estimate of drug-likeness (QED) is 0.220. The van der Waals surface area contributed by atoms with Crippen LogP contribution in [0.2, 0.25) is 0 Å². The minimum absolute atomic E-state index is 0.142. The van der Waals surface area contributed by atoms with Crippen LogP contribution in [0, 0.1) is 0 Å². The Morgan fingerprint density at radius 3 is 2.29 bits per heavy atom. The van der Waals surface area contributed by atoms with Gasteiger partial charge in [-0.1, -0.05) is 0 Å². The van der Waals surface area contributed by atoms with Gasteiger partial charge >= 0.3 is 19.8 Å². The summed E-state index contributed by atoms with van der Waals surface area (Å²) in [6.45, 7) is -0.594. The number of rotatable bonds is 7. The highest BCUT2D eigenvalue weighted by Gasteiger charge is 2.45. The number of nitrogens with two attached hydrogens (primary N) is 1. The molecule has 16 nitrogen and oxygen atoms in total. The molecule has 31 heavy (non-hydrogen) atoms. The van der Waals surface area contributed by atoms with E-state index in [1.165, 1.54) is 17.2 Å². The molecule has 0 saturated carbocycles. The lowest BCUT2D eigenvalue weighted by molar-refractivity contribution is -0.143. The number of ether oxygens (including phenoxy) is 1. The number of carboxylic acids is 2. The number of aliphatic hydroxyl groups excluding tert-OH is 2. The number of phosphoric ester groups is 1. The Balaban J connectivity index is 0.000000366. The minimum Gasteiger partial charge on any atom is -0.481 e. The predicted octanol–water partition coefficient (Wildman–Crippen LogP) is -1.93. The number of nitrogens with zero attached hydrogens (tertiary/aromatic N) is 4. The van der Waals surface area contributed by atoms with Crippen molar-refractivity contribution >= 4 is 36.7 Å². The van der Waals surface area contributed by atoms with Gasteiger partial charge in [-0.25, -0.2) is 19.5 Å². The molecule has 1 aliphatic heterocycles. The molecule has 0 spiro atoms. The molecule has 0 aromatic carbocycles. The molecule has 0 bridgehead atoms. The molecule has 1 fully saturated rings. The first-order valence-electron chi connectivity index (χ1n) is 8.49. The first-order valence-corrected chi connectivity index (χ1v) is 10.0. The van der Waals surface area contributed by atoms with Gasteiger partial charge in [-0.05, 0) is 0 Å². The smallest absolute Gasteiger partial charge is 0.469 e. The number of phosphoric acid groups is 1. The van der Waals surface area contributed by atoms with E-state index in [4.69, 9.17) is 30.5 Å². The summed E-state index contributed by atoms with van der Waals surface area (Å²) < 4.78 is 21.8. The van der Waals surface area contributed by atoms with Gasteiger partial charge in [-0.15, -0.1) is 0 Å². The summed E-state index contributed by atoms with van der Waals surface area (Å²) in [4.78, 5) is 48.5. The lowest BCUT2D eigenvalue weighted by Crippen LogP contribution is -2.33. The number of anilines is 1. The monoisotopic (exact) mass is 465 g/mol. The molecule has 4 atom stereocenters. The van der Waals surface area contributed by atoms with Crippen LogP contribution in [0.5, 0.6) is 0 Å². The van der Waals surface area contributed by atoms with Gasteiger partial charge < -0.3 is 40.7 Å². The summed E-state index contributed by atoms with van der Waals surface area (Å²) in [5, 5.41) is 35.9. The lowest BCUT2D eigenvalue weighted by atomic mass is 10.1. The van der Waals surface area contributed by atoms with E-state index < -0.39 is 50.9 Å². The van der Waals surface area contributed by atoms with Crippen molar-refractivity contribution in [1.29, 1.82) is 0 Å². The number of hydrogen-bond acceptors (Lipinski definition) is 11. The van der Waals surface area contributed by atoms with Gasteiger partial charge in [0.1, 0.15) is 30.2 Å². The summed E-state index contributed by atoms with van der Waals surface area (Å²) in [6, 6.07) is 0. The Hall–Kier alpha value is -2.72. The SMILES string of the molecule is Nc1ncnc2c1ncn2[C@@H]1O[C@H](COP(=O)(O)O)[C@@H](O)[C@H]1O.O=C(O)CCC(=O)O. The third-order valence-electron chi connectivity index (χ3n) is 3.96. The van der Waals surface area contributed by atoms with E-state index in [1.807, 2.05) is 0 Å². The summed E-state index contributed by atoms with van der Waals surface area (Å²) in [5.74, 6) is -2.01. The van der Waals surface area contributed by atoms with Crippen molar-refractivity contribution in [2.24, 2.45) is 0 Å². The largest absolute Gasteiger partial charge is 0.481 e. The number of aliphatic carboxylic acids is 2. The summed E-state index contributed by atoms with van der Waals surface area (Å²) in [5.41, 5.74) is 6.25. The second-order valence-electron chi connectivity index (χ2n) is 6.20. The van der Waals surface area contributed by atoms with Crippen molar-refractivity contribution in [3.63, 3.8) is 0 Å². The van der Waals surface area contributed by atoms with Gasteiger partial charge in [0, 0.05) is 0 Å². The Morgan fingerprint density at radius 1 is 1.13 bits per heavy atom. The fourth-order valence-corrected chi connectivity index (χ4v) is 2.88. The van der Waals surface area contributed by atoms with E-state index >= 15 is 0 Å². The molecule has 172 valence electrons. The normalized spacial score (nSPS) is 23.4. The Kier molecular flexibility index (Phi) is 7.96. The van der Waals surface area contributed by atoms with Crippen LogP contribution in [0.1, 0.15) is 19.1 Å². The standard InChI is InChI=1S/C10H14N5O7P.C4H6O4/c11-8-5-9(13-2-12-8)15(3-14-5)10-7(17)6(16)4(22-10)1-21-23(18,19)20;5-3(6)1-2-4(7)8/h2-4,6-7,10,16-17H,1H2,(H2,11,12,13)(H2,18,19,20);1-2H2,(H,5,6)(H,7,8)/t4-,6-,7-,10-;/m1./s1. The molecule has 3 rings (SSSR count). The van der Waals surface area contributed by atoms with E-state index in [2.05, 4.69) is 19.5 Å². The number of carbonyl (C=O) groups is 2. The molecule has 1 aliphatic rings.